The first-order valence-electron chi connectivity index (χ1n) is 6.81. The van der Waals surface area contributed by atoms with Crippen molar-refractivity contribution in [2.45, 2.75) is 51.2 Å². The van der Waals surface area contributed by atoms with Crippen LogP contribution < -0.4 is 5.32 Å². The van der Waals surface area contributed by atoms with Crippen LogP contribution in [0.25, 0.3) is 0 Å². The van der Waals surface area contributed by atoms with Crippen molar-refractivity contribution in [3.05, 3.63) is 20.8 Å². The van der Waals surface area contributed by atoms with Crippen molar-refractivity contribution < 1.29 is 0 Å². The van der Waals surface area contributed by atoms with E-state index in [1.165, 1.54) is 41.6 Å². The summed E-state index contributed by atoms with van der Waals surface area (Å²) in [6, 6.07) is 3.59. The van der Waals surface area contributed by atoms with E-state index in [0.717, 1.165) is 12.6 Å². The number of rotatable bonds is 5. The predicted molar refractivity (Wildman–Crippen MR) is 83.2 cm³/mol. The van der Waals surface area contributed by atoms with Crippen LogP contribution in [0.3, 0.4) is 0 Å². The molecule has 0 amide bonds. The summed E-state index contributed by atoms with van der Waals surface area (Å²) in [5, 5.41) is 5.88. The van der Waals surface area contributed by atoms with Crippen LogP contribution >= 0.6 is 27.3 Å². The smallest absolute Gasteiger partial charge is 0.0701 e. The molecule has 1 aromatic rings. The molecule has 1 N–H and O–H groups in total. The van der Waals surface area contributed by atoms with Gasteiger partial charge in [0.25, 0.3) is 0 Å². The minimum atomic E-state index is 0.638. The van der Waals surface area contributed by atoms with E-state index in [2.05, 4.69) is 51.6 Å². The summed E-state index contributed by atoms with van der Waals surface area (Å²) in [6.07, 6.45) is 5.36. The van der Waals surface area contributed by atoms with Crippen LogP contribution in [0.5, 0.6) is 0 Å². The van der Waals surface area contributed by atoms with Gasteiger partial charge in [0.1, 0.15) is 0 Å². The van der Waals surface area contributed by atoms with Gasteiger partial charge in [-0.3, -0.25) is 4.90 Å². The molecular formula is C14H23BrN2S. The first-order chi connectivity index (χ1) is 8.65. The largest absolute Gasteiger partial charge is 0.314 e. The van der Waals surface area contributed by atoms with E-state index in [0.29, 0.717) is 6.04 Å². The van der Waals surface area contributed by atoms with Gasteiger partial charge in [-0.05, 0) is 72.7 Å². The predicted octanol–water partition coefficient (Wildman–Crippen LogP) is 3.86. The lowest BCUT2D eigenvalue weighted by atomic mass is 9.98. The fourth-order valence-corrected chi connectivity index (χ4v) is 3.79. The second-order valence-corrected chi connectivity index (χ2v) is 7.70. The third-order valence-corrected chi connectivity index (χ3v) is 5.40. The minimum Gasteiger partial charge on any atom is -0.314 e. The Bertz CT molecular complexity index is 360. The third-order valence-electron chi connectivity index (χ3n) is 3.84. The summed E-state index contributed by atoms with van der Waals surface area (Å²) in [7, 11) is 2.24. The van der Waals surface area contributed by atoms with Gasteiger partial charge in [-0.15, -0.1) is 11.3 Å². The first-order valence-corrected chi connectivity index (χ1v) is 8.49. The van der Waals surface area contributed by atoms with Crippen LogP contribution in [0, 0.1) is 0 Å². The standard InChI is InChI=1S/C14H23BrN2S/c1-11(7-13-5-3-4-6-16-13)17(2)9-12-8-14(15)18-10-12/h8,10-11,13,16H,3-7,9H2,1-2H3. The molecule has 2 nitrogen and oxygen atoms in total. The fraction of sp³-hybridized carbons (Fsp3) is 0.714. The van der Waals surface area contributed by atoms with Gasteiger partial charge in [-0.1, -0.05) is 6.42 Å². The molecule has 2 heterocycles. The van der Waals surface area contributed by atoms with Crippen LogP contribution in [0.15, 0.2) is 15.2 Å². The highest BCUT2D eigenvalue weighted by molar-refractivity contribution is 9.11. The van der Waals surface area contributed by atoms with E-state index >= 15 is 0 Å². The second kappa shape index (κ2) is 7.04. The molecule has 0 aromatic carbocycles. The zero-order valence-electron chi connectivity index (χ0n) is 11.3. The van der Waals surface area contributed by atoms with Gasteiger partial charge >= 0.3 is 0 Å². The second-order valence-electron chi connectivity index (χ2n) is 5.41. The molecule has 0 bridgehead atoms. The molecule has 0 spiro atoms. The van der Waals surface area contributed by atoms with Gasteiger partial charge < -0.3 is 5.32 Å². The Balaban J connectivity index is 1.78. The van der Waals surface area contributed by atoms with Crippen molar-refractivity contribution in [3.8, 4) is 0 Å². The minimum absolute atomic E-state index is 0.638. The average molecular weight is 331 g/mol. The van der Waals surface area contributed by atoms with Crippen LogP contribution in [-0.2, 0) is 6.54 Å². The summed E-state index contributed by atoms with van der Waals surface area (Å²) >= 11 is 5.30. The van der Waals surface area contributed by atoms with Crippen molar-refractivity contribution in [2.24, 2.45) is 0 Å². The molecule has 2 rings (SSSR count). The number of nitrogens with one attached hydrogen (secondary N) is 1. The molecule has 1 aliphatic rings. The van der Waals surface area contributed by atoms with Gasteiger partial charge in [-0.25, -0.2) is 0 Å². The maximum atomic E-state index is 3.64. The number of nitrogens with zero attached hydrogens (tertiary/aromatic N) is 1. The fourth-order valence-electron chi connectivity index (χ4n) is 2.59. The molecule has 0 radical (unpaired) electrons. The van der Waals surface area contributed by atoms with Crippen molar-refractivity contribution in [2.75, 3.05) is 13.6 Å². The highest BCUT2D eigenvalue weighted by Crippen LogP contribution is 2.22. The normalized spacial score (nSPS) is 22.3. The van der Waals surface area contributed by atoms with E-state index in [-0.39, 0.29) is 0 Å². The van der Waals surface area contributed by atoms with E-state index in [1.54, 1.807) is 11.3 Å². The topological polar surface area (TPSA) is 15.3 Å². The Morgan fingerprint density at radius 2 is 2.39 bits per heavy atom. The summed E-state index contributed by atoms with van der Waals surface area (Å²) < 4.78 is 1.23. The van der Waals surface area contributed by atoms with E-state index < -0.39 is 0 Å². The van der Waals surface area contributed by atoms with E-state index in [9.17, 15) is 0 Å². The molecule has 1 aromatic heterocycles. The molecule has 0 saturated carbocycles. The van der Waals surface area contributed by atoms with Gasteiger partial charge in [0.05, 0.1) is 3.79 Å². The zero-order valence-corrected chi connectivity index (χ0v) is 13.7. The SMILES string of the molecule is CC(CC1CCCCN1)N(C)Cc1csc(Br)c1. The number of hydrogen-bond donors (Lipinski definition) is 1. The van der Waals surface area contributed by atoms with Gasteiger partial charge in [0.2, 0.25) is 0 Å². The third kappa shape index (κ3) is 4.34. The van der Waals surface area contributed by atoms with Gasteiger partial charge in [-0.2, -0.15) is 0 Å². The van der Waals surface area contributed by atoms with E-state index in [1.807, 2.05) is 0 Å². The van der Waals surface area contributed by atoms with Crippen molar-refractivity contribution in [3.63, 3.8) is 0 Å². The highest BCUT2D eigenvalue weighted by Gasteiger charge is 2.18. The first kappa shape index (κ1) is 14.5. The van der Waals surface area contributed by atoms with Gasteiger partial charge in [0, 0.05) is 18.6 Å². The molecule has 18 heavy (non-hydrogen) atoms. The summed E-state index contributed by atoms with van der Waals surface area (Å²) in [5.41, 5.74) is 1.41. The monoisotopic (exact) mass is 330 g/mol. The molecule has 1 saturated heterocycles. The molecule has 102 valence electrons. The maximum Gasteiger partial charge on any atom is 0.0701 e. The summed E-state index contributed by atoms with van der Waals surface area (Å²) in [6.45, 7) is 4.60. The lowest BCUT2D eigenvalue weighted by Gasteiger charge is -2.31. The Hall–Kier alpha value is 0.100. The van der Waals surface area contributed by atoms with E-state index in [4.69, 9.17) is 0 Å². The molecule has 0 aliphatic carbocycles. The Kier molecular flexibility index (Phi) is 5.67. The van der Waals surface area contributed by atoms with Crippen molar-refractivity contribution in [1.29, 1.82) is 0 Å². The quantitative estimate of drug-likeness (QED) is 0.881. The number of halogens is 1. The highest BCUT2D eigenvalue weighted by atomic mass is 79.9. The Labute approximate surface area is 123 Å². The van der Waals surface area contributed by atoms with Crippen LogP contribution in [0.4, 0.5) is 0 Å². The molecule has 1 fully saturated rings. The average Bonchev–Trinajstić information content (AvgIpc) is 2.76. The molecule has 1 aliphatic heterocycles. The number of hydrogen-bond acceptors (Lipinski definition) is 3. The lowest BCUT2D eigenvalue weighted by Crippen LogP contribution is -2.40. The molecule has 4 heteroatoms. The van der Waals surface area contributed by atoms with Crippen molar-refractivity contribution in [1.82, 2.24) is 10.2 Å². The summed E-state index contributed by atoms with van der Waals surface area (Å²) in [5.74, 6) is 0. The van der Waals surface area contributed by atoms with Crippen LogP contribution in [0.1, 0.15) is 38.2 Å². The van der Waals surface area contributed by atoms with Crippen LogP contribution in [0.2, 0.25) is 0 Å². The lowest BCUT2D eigenvalue weighted by molar-refractivity contribution is 0.209. The number of thiophene rings is 1. The molecule has 2 unspecified atom stereocenters. The summed E-state index contributed by atoms with van der Waals surface area (Å²) in [4.78, 5) is 2.46. The molecule has 2 atom stereocenters. The maximum absolute atomic E-state index is 3.64. The number of piperidine rings is 1. The molecular weight excluding hydrogens is 308 g/mol. The Morgan fingerprint density at radius 1 is 1.56 bits per heavy atom. The van der Waals surface area contributed by atoms with Gasteiger partial charge in [0.15, 0.2) is 0 Å². The van der Waals surface area contributed by atoms with Crippen molar-refractivity contribution >= 4 is 27.3 Å². The Morgan fingerprint density at radius 3 is 3.00 bits per heavy atom. The zero-order chi connectivity index (χ0) is 13.0. The van der Waals surface area contributed by atoms with Crippen LogP contribution in [-0.4, -0.2) is 30.6 Å².